The SMILES string of the molecule is NCc1ccc(N2CCN(CC3CCCCC3)CC2)nc1. The molecule has 0 aromatic carbocycles. The lowest BCUT2D eigenvalue weighted by molar-refractivity contribution is 0.192. The van der Waals surface area contributed by atoms with E-state index in [2.05, 4.69) is 26.9 Å². The number of pyridine rings is 1. The quantitative estimate of drug-likeness (QED) is 0.923. The van der Waals surface area contributed by atoms with Gasteiger partial charge in [-0.15, -0.1) is 0 Å². The van der Waals surface area contributed by atoms with E-state index in [4.69, 9.17) is 5.73 Å². The van der Waals surface area contributed by atoms with Crippen molar-refractivity contribution in [2.45, 2.75) is 38.6 Å². The molecule has 1 saturated carbocycles. The van der Waals surface area contributed by atoms with Crippen molar-refractivity contribution in [2.24, 2.45) is 11.7 Å². The second-order valence-corrected chi connectivity index (χ2v) is 6.52. The molecular formula is C17H28N4. The van der Waals surface area contributed by atoms with Crippen LogP contribution in [0.4, 0.5) is 5.82 Å². The molecular weight excluding hydrogens is 260 g/mol. The van der Waals surface area contributed by atoms with Crippen molar-refractivity contribution in [3.63, 3.8) is 0 Å². The van der Waals surface area contributed by atoms with Crippen molar-refractivity contribution in [1.82, 2.24) is 9.88 Å². The van der Waals surface area contributed by atoms with Gasteiger partial charge in [0.1, 0.15) is 5.82 Å². The molecule has 1 aliphatic carbocycles. The number of piperazine rings is 1. The Labute approximate surface area is 128 Å². The summed E-state index contributed by atoms with van der Waals surface area (Å²) in [6.07, 6.45) is 9.15. The Balaban J connectivity index is 1.47. The Bertz CT molecular complexity index is 417. The molecule has 21 heavy (non-hydrogen) atoms. The number of hydrogen-bond donors (Lipinski definition) is 1. The number of nitrogens with zero attached hydrogens (tertiary/aromatic N) is 3. The average Bonchev–Trinajstić information content (AvgIpc) is 2.57. The van der Waals surface area contributed by atoms with Gasteiger partial charge in [0, 0.05) is 45.5 Å². The molecule has 0 unspecified atom stereocenters. The monoisotopic (exact) mass is 288 g/mol. The molecule has 1 aromatic rings. The van der Waals surface area contributed by atoms with Crippen LogP contribution in [0.2, 0.25) is 0 Å². The number of nitrogens with two attached hydrogens (primary N) is 1. The lowest BCUT2D eigenvalue weighted by Crippen LogP contribution is -2.48. The molecule has 3 rings (SSSR count). The topological polar surface area (TPSA) is 45.4 Å². The maximum absolute atomic E-state index is 5.63. The van der Waals surface area contributed by atoms with Crippen LogP contribution in [0.5, 0.6) is 0 Å². The minimum Gasteiger partial charge on any atom is -0.354 e. The second-order valence-electron chi connectivity index (χ2n) is 6.52. The van der Waals surface area contributed by atoms with Crippen LogP contribution in [0.3, 0.4) is 0 Å². The Hall–Kier alpha value is -1.13. The predicted molar refractivity (Wildman–Crippen MR) is 87.4 cm³/mol. The highest BCUT2D eigenvalue weighted by atomic mass is 15.3. The van der Waals surface area contributed by atoms with Gasteiger partial charge in [0.25, 0.3) is 0 Å². The minimum atomic E-state index is 0.572. The van der Waals surface area contributed by atoms with E-state index in [1.165, 1.54) is 51.7 Å². The van der Waals surface area contributed by atoms with Crippen molar-refractivity contribution in [1.29, 1.82) is 0 Å². The number of hydrogen-bond acceptors (Lipinski definition) is 4. The van der Waals surface area contributed by atoms with Gasteiger partial charge in [-0.1, -0.05) is 25.3 Å². The highest BCUT2D eigenvalue weighted by molar-refractivity contribution is 5.39. The van der Waals surface area contributed by atoms with Crippen molar-refractivity contribution >= 4 is 5.82 Å². The largest absolute Gasteiger partial charge is 0.354 e. The summed E-state index contributed by atoms with van der Waals surface area (Å²) in [6.45, 7) is 6.44. The molecule has 0 radical (unpaired) electrons. The Kier molecular flexibility index (Phi) is 5.09. The molecule has 2 fully saturated rings. The first-order valence-corrected chi connectivity index (χ1v) is 8.47. The van der Waals surface area contributed by atoms with E-state index in [9.17, 15) is 0 Å². The van der Waals surface area contributed by atoms with Gasteiger partial charge in [-0.3, -0.25) is 4.90 Å². The van der Waals surface area contributed by atoms with E-state index in [0.717, 1.165) is 30.4 Å². The van der Waals surface area contributed by atoms with Gasteiger partial charge in [-0.05, 0) is 30.4 Å². The van der Waals surface area contributed by atoms with Crippen LogP contribution in [0.25, 0.3) is 0 Å². The van der Waals surface area contributed by atoms with Crippen LogP contribution >= 0.6 is 0 Å². The van der Waals surface area contributed by atoms with Gasteiger partial charge >= 0.3 is 0 Å². The third-order valence-corrected chi connectivity index (χ3v) is 4.98. The zero-order chi connectivity index (χ0) is 14.5. The Morgan fingerprint density at radius 3 is 2.43 bits per heavy atom. The van der Waals surface area contributed by atoms with Gasteiger partial charge in [-0.25, -0.2) is 4.98 Å². The van der Waals surface area contributed by atoms with Gasteiger partial charge in [0.15, 0.2) is 0 Å². The maximum Gasteiger partial charge on any atom is 0.128 e. The first-order valence-electron chi connectivity index (χ1n) is 8.47. The van der Waals surface area contributed by atoms with Crippen LogP contribution in [-0.2, 0) is 6.54 Å². The Morgan fingerprint density at radius 2 is 1.81 bits per heavy atom. The first kappa shape index (κ1) is 14.8. The van der Waals surface area contributed by atoms with Crippen molar-refractivity contribution < 1.29 is 0 Å². The lowest BCUT2D eigenvalue weighted by atomic mass is 9.89. The summed E-state index contributed by atoms with van der Waals surface area (Å²) in [5.74, 6) is 2.05. The van der Waals surface area contributed by atoms with Crippen molar-refractivity contribution in [3.8, 4) is 0 Å². The molecule has 4 nitrogen and oxygen atoms in total. The van der Waals surface area contributed by atoms with Crippen LogP contribution in [0, 0.1) is 5.92 Å². The maximum atomic E-state index is 5.63. The molecule has 1 aromatic heterocycles. The molecule has 116 valence electrons. The summed E-state index contributed by atoms with van der Waals surface area (Å²) in [4.78, 5) is 9.60. The fraction of sp³-hybridized carbons (Fsp3) is 0.706. The first-order chi connectivity index (χ1) is 10.3. The normalized spacial score (nSPS) is 21.7. The van der Waals surface area contributed by atoms with E-state index in [0.29, 0.717) is 6.54 Å². The highest BCUT2D eigenvalue weighted by Gasteiger charge is 2.21. The Morgan fingerprint density at radius 1 is 1.05 bits per heavy atom. The summed E-state index contributed by atoms with van der Waals surface area (Å²) in [6, 6.07) is 4.20. The lowest BCUT2D eigenvalue weighted by Gasteiger charge is -2.37. The summed E-state index contributed by atoms with van der Waals surface area (Å²) in [5, 5.41) is 0. The molecule has 0 bridgehead atoms. The number of rotatable bonds is 4. The third kappa shape index (κ3) is 3.95. The number of aromatic nitrogens is 1. The van der Waals surface area contributed by atoms with Gasteiger partial charge in [0.05, 0.1) is 0 Å². The van der Waals surface area contributed by atoms with Crippen LogP contribution in [0.15, 0.2) is 18.3 Å². The highest BCUT2D eigenvalue weighted by Crippen LogP contribution is 2.25. The fourth-order valence-electron chi connectivity index (χ4n) is 3.62. The number of anilines is 1. The van der Waals surface area contributed by atoms with Crippen molar-refractivity contribution in [3.05, 3.63) is 23.9 Å². The fourth-order valence-corrected chi connectivity index (χ4v) is 3.62. The molecule has 2 aliphatic rings. The smallest absolute Gasteiger partial charge is 0.128 e. The molecule has 1 saturated heterocycles. The molecule has 4 heteroatoms. The molecule has 2 heterocycles. The van der Waals surface area contributed by atoms with Gasteiger partial charge in [0.2, 0.25) is 0 Å². The van der Waals surface area contributed by atoms with Crippen molar-refractivity contribution in [2.75, 3.05) is 37.6 Å². The average molecular weight is 288 g/mol. The summed E-state index contributed by atoms with van der Waals surface area (Å²) < 4.78 is 0. The van der Waals surface area contributed by atoms with E-state index < -0.39 is 0 Å². The zero-order valence-corrected chi connectivity index (χ0v) is 13.0. The van der Waals surface area contributed by atoms with Crippen LogP contribution in [-0.4, -0.2) is 42.6 Å². The van der Waals surface area contributed by atoms with Crippen LogP contribution in [0.1, 0.15) is 37.7 Å². The van der Waals surface area contributed by atoms with E-state index in [1.807, 2.05) is 6.20 Å². The van der Waals surface area contributed by atoms with Crippen LogP contribution < -0.4 is 10.6 Å². The predicted octanol–water partition coefficient (Wildman–Crippen LogP) is 2.24. The van der Waals surface area contributed by atoms with E-state index in [-0.39, 0.29) is 0 Å². The summed E-state index contributed by atoms with van der Waals surface area (Å²) >= 11 is 0. The van der Waals surface area contributed by atoms with Gasteiger partial charge in [-0.2, -0.15) is 0 Å². The molecule has 1 aliphatic heterocycles. The van der Waals surface area contributed by atoms with Gasteiger partial charge < -0.3 is 10.6 Å². The second kappa shape index (κ2) is 7.23. The minimum absolute atomic E-state index is 0.572. The summed E-state index contributed by atoms with van der Waals surface area (Å²) in [7, 11) is 0. The third-order valence-electron chi connectivity index (χ3n) is 4.98. The standard InChI is InChI=1S/C17H28N4/c18-12-16-6-7-17(19-13-16)21-10-8-20(9-11-21)14-15-4-2-1-3-5-15/h6-7,13,15H,1-5,8-12,14,18H2. The molecule has 0 atom stereocenters. The zero-order valence-electron chi connectivity index (χ0n) is 13.0. The molecule has 0 spiro atoms. The molecule has 0 amide bonds. The van der Waals surface area contributed by atoms with E-state index >= 15 is 0 Å². The van der Waals surface area contributed by atoms with E-state index in [1.54, 1.807) is 0 Å². The summed E-state index contributed by atoms with van der Waals surface area (Å²) in [5.41, 5.74) is 6.73. The molecule has 2 N–H and O–H groups in total.